The lowest BCUT2D eigenvalue weighted by Gasteiger charge is -2.19. The van der Waals surface area contributed by atoms with Crippen LogP contribution in [0.25, 0.3) is 11.5 Å². The van der Waals surface area contributed by atoms with Crippen molar-refractivity contribution in [3.05, 3.63) is 40.3 Å². The van der Waals surface area contributed by atoms with Crippen LogP contribution >= 0.6 is 24.0 Å². The Bertz CT molecular complexity index is 741. The maximum atomic E-state index is 10.7. The normalized spacial score (nSPS) is 15.5. The molecule has 1 saturated heterocycles. The highest BCUT2D eigenvalue weighted by Crippen LogP contribution is 2.32. The fourth-order valence-electron chi connectivity index (χ4n) is 2.42. The third-order valence-corrected chi connectivity index (χ3v) is 5.32. The molecule has 1 aromatic carbocycles. The molecule has 0 N–H and O–H groups in total. The van der Waals surface area contributed by atoms with E-state index in [0.29, 0.717) is 17.3 Å². The minimum atomic E-state index is -0.443. The van der Waals surface area contributed by atoms with E-state index in [4.69, 9.17) is 16.6 Å². The molecule has 0 radical (unpaired) electrons. The van der Waals surface area contributed by atoms with E-state index in [-0.39, 0.29) is 10.9 Å². The van der Waals surface area contributed by atoms with E-state index in [1.165, 1.54) is 36.7 Å². The predicted molar refractivity (Wildman–Crippen MR) is 95.8 cm³/mol. The highest BCUT2D eigenvalue weighted by molar-refractivity contribution is 8.23. The van der Waals surface area contributed by atoms with Crippen LogP contribution in [0.5, 0.6) is 0 Å². The van der Waals surface area contributed by atoms with E-state index in [9.17, 15) is 10.1 Å². The second-order valence-electron chi connectivity index (χ2n) is 5.47. The van der Waals surface area contributed by atoms with Gasteiger partial charge < -0.3 is 9.32 Å². The number of benzene rings is 1. The van der Waals surface area contributed by atoms with Crippen LogP contribution in [0, 0.1) is 10.1 Å². The Labute approximate surface area is 148 Å². The zero-order valence-corrected chi connectivity index (χ0v) is 14.7. The molecule has 9 heteroatoms. The van der Waals surface area contributed by atoms with Crippen molar-refractivity contribution in [3.8, 4) is 11.5 Å². The van der Waals surface area contributed by atoms with Gasteiger partial charge in [-0.05, 0) is 31.9 Å². The van der Waals surface area contributed by atoms with Gasteiger partial charge in [-0.15, -0.1) is 10.2 Å². The molecule has 1 aliphatic heterocycles. The van der Waals surface area contributed by atoms with Gasteiger partial charge in [0, 0.05) is 30.8 Å². The summed E-state index contributed by atoms with van der Waals surface area (Å²) in [5.74, 6) is 0.842. The standard InChI is InChI=1S/C15H16N4O3S2/c1-10(24-15(23)18-8-2-3-9-18)13-16-17-14(22-13)11-4-6-12(7-5-11)19(20)21/h4-7,10H,2-3,8-9H2,1H3/t10-/m0/s1. The number of nitro groups is 1. The molecule has 1 atom stereocenters. The lowest BCUT2D eigenvalue weighted by Crippen LogP contribution is -2.23. The Balaban J connectivity index is 1.67. The second-order valence-corrected chi connectivity index (χ2v) is 7.44. The van der Waals surface area contributed by atoms with Crippen LogP contribution in [0.4, 0.5) is 5.69 Å². The van der Waals surface area contributed by atoms with Gasteiger partial charge in [0.05, 0.1) is 10.2 Å². The summed E-state index contributed by atoms with van der Waals surface area (Å²) in [6.07, 6.45) is 2.36. The average Bonchev–Trinajstić information content (AvgIpc) is 3.26. The molecule has 0 bridgehead atoms. The average molecular weight is 364 g/mol. The zero-order chi connectivity index (χ0) is 17.1. The van der Waals surface area contributed by atoms with E-state index in [1.807, 2.05) is 6.92 Å². The smallest absolute Gasteiger partial charge is 0.269 e. The monoisotopic (exact) mass is 364 g/mol. The van der Waals surface area contributed by atoms with Gasteiger partial charge in [-0.3, -0.25) is 10.1 Å². The highest BCUT2D eigenvalue weighted by Gasteiger charge is 2.22. The molecule has 0 amide bonds. The fourth-order valence-corrected chi connectivity index (χ4v) is 3.86. The number of thioether (sulfide) groups is 1. The summed E-state index contributed by atoms with van der Waals surface area (Å²) in [5, 5.41) is 18.8. The second kappa shape index (κ2) is 7.27. The van der Waals surface area contributed by atoms with Crippen LogP contribution in [0.3, 0.4) is 0 Å². The molecule has 126 valence electrons. The van der Waals surface area contributed by atoms with Crippen molar-refractivity contribution >= 4 is 34.0 Å². The predicted octanol–water partition coefficient (Wildman–Crippen LogP) is 3.82. The molecular weight excluding hydrogens is 348 g/mol. The number of hydrogen-bond acceptors (Lipinski definition) is 7. The van der Waals surface area contributed by atoms with Gasteiger partial charge in [-0.1, -0.05) is 24.0 Å². The number of nitrogens with zero attached hydrogens (tertiary/aromatic N) is 4. The molecule has 2 heterocycles. The van der Waals surface area contributed by atoms with Gasteiger partial charge in [0.2, 0.25) is 11.8 Å². The molecule has 1 fully saturated rings. The Kier molecular flexibility index (Phi) is 5.10. The van der Waals surface area contributed by atoms with Crippen LogP contribution in [0.1, 0.15) is 30.9 Å². The van der Waals surface area contributed by atoms with Crippen LogP contribution in [0.2, 0.25) is 0 Å². The largest absolute Gasteiger partial charge is 0.419 e. The first-order chi connectivity index (χ1) is 11.5. The number of thiocarbonyl (C=S) groups is 1. The SMILES string of the molecule is C[C@H](SC(=S)N1CCCC1)c1nnc(-c2ccc([N+](=O)[O-])cc2)o1. The summed E-state index contributed by atoms with van der Waals surface area (Å²) >= 11 is 7.00. The fraction of sp³-hybridized carbons (Fsp3) is 0.400. The molecular formula is C15H16N4O3S2. The summed E-state index contributed by atoms with van der Waals surface area (Å²) in [5.41, 5.74) is 0.678. The summed E-state index contributed by atoms with van der Waals surface area (Å²) < 4.78 is 6.56. The minimum Gasteiger partial charge on any atom is -0.419 e. The van der Waals surface area contributed by atoms with Crippen molar-refractivity contribution < 1.29 is 9.34 Å². The van der Waals surface area contributed by atoms with Crippen molar-refractivity contribution in [2.24, 2.45) is 0 Å². The van der Waals surface area contributed by atoms with Crippen molar-refractivity contribution in [2.45, 2.75) is 25.0 Å². The van der Waals surface area contributed by atoms with Crippen LogP contribution in [0.15, 0.2) is 28.7 Å². The van der Waals surface area contributed by atoms with E-state index in [0.717, 1.165) is 17.4 Å². The van der Waals surface area contributed by atoms with Gasteiger partial charge in [-0.2, -0.15) is 0 Å². The van der Waals surface area contributed by atoms with Crippen molar-refractivity contribution in [1.82, 2.24) is 15.1 Å². The molecule has 3 rings (SSSR count). The molecule has 1 aromatic heterocycles. The topological polar surface area (TPSA) is 85.3 Å². The Hall–Kier alpha value is -2.00. The van der Waals surface area contributed by atoms with Crippen molar-refractivity contribution in [2.75, 3.05) is 13.1 Å². The number of rotatable bonds is 4. The van der Waals surface area contributed by atoms with E-state index >= 15 is 0 Å². The van der Waals surface area contributed by atoms with Crippen LogP contribution < -0.4 is 0 Å². The Morgan fingerprint density at radius 3 is 2.62 bits per heavy atom. The number of nitro benzene ring substituents is 1. The quantitative estimate of drug-likeness (QED) is 0.460. The minimum absolute atomic E-state index is 0.0263. The maximum Gasteiger partial charge on any atom is 0.269 e. The van der Waals surface area contributed by atoms with E-state index in [2.05, 4.69) is 15.1 Å². The van der Waals surface area contributed by atoms with Gasteiger partial charge in [0.25, 0.3) is 5.69 Å². The van der Waals surface area contributed by atoms with E-state index < -0.39 is 4.92 Å². The van der Waals surface area contributed by atoms with Gasteiger partial charge in [0.15, 0.2) is 0 Å². The zero-order valence-electron chi connectivity index (χ0n) is 13.0. The number of non-ortho nitro benzene ring substituents is 1. The molecule has 1 aliphatic rings. The number of likely N-dealkylation sites (tertiary alicyclic amines) is 1. The summed E-state index contributed by atoms with van der Waals surface area (Å²) in [7, 11) is 0. The Morgan fingerprint density at radius 1 is 1.33 bits per heavy atom. The third kappa shape index (κ3) is 3.73. The Morgan fingerprint density at radius 2 is 2.00 bits per heavy atom. The summed E-state index contributed by atoms with van der Waals surface area (Å²) in [6.45, 7) is 3.99. The van der Waals surface area contributed by atoms with Crippen molar-refractivity contribution in [3.63, 3.8) is 0 Å². The van der Waals surface area contributed by atoms with Gasteiger partial charge in [-0.25, -0.2) is 0 Å². The number of aromatic nitrogens is 2. The molecule has 0 aliphatic carbocycles. The molecule has 24 heavy (non-hydrogen) atoms. The number of hydrogen-bond donors (Lipinski definition) is 0. The first-order valence-electron chi connectivity index (χ1n) is 7.58. The molecule has 0 unspecified atom stereocenters. The molecule has 0 spiro atoms. The van der Waals surface area contributed by atoms with Crippen LogP contribution in [-0.4, -0.2) is 37.4 Å². The van der Waals surface area contributed by atoms with Gasteiger partial charge >= 0.3 is 0 Å². The van der Waals surface area contributed by atoms with Gasteiger partial charge in [0.1, 0.15) is 4.32 Å². The maximum absolute atomic E-state index is 10.7. The first kappa shape index (κ1) is 16.8. The summed E-state index contributed by atoms with van der Waals surface area (Å²) in [4.78, 5) is 12.4. The molecule has 0 saturated carbocycles. The highest BCUT2D eigenvalue weighted by atomic mass is 32.2. The lowest BCUT2D eigenvalue weighted by atomic mass is 10.2. The lowest BCUT2D eigenvalue weighted by molar-refractivity contribution is -0.384. The summed E-state index contributed by atoms with van der Waals surface area (Å²) in [6, 6.07) is 6.03. The van der Waals surface area contributed by atoms with E-state index in [1.54, 1.807) is 12.1 Å². The molecule has 2 aromatic rings. The molecule has 7 nitrogen and oxygen atoms in total. The van der Waals surface area contributed by atoms with Crippen molar-refractivity contribution in [1.29, 1.82) is 0 Å². The first-order valence-corrected chi connectivity index (χ1v) is 8.87. The third-order valence-electron chi connectivity index (χ3n) is 3.76. The van der Waals surface area contributed by atoms with Crippen LogP contribution in [-0.2, 0) is 0 Å².